The molecular formula is C12H18FNO. The zero-order valence-electron chi connectivity index (χ0n) is 9.50. The Labute approximate surface area is 90.3 Å². The quantitative estimate of drug-likeness (QED) is 0.817. The van der Waals surface area contributed by atoms with E-state index >= 15 is 0 Å². The predicted octanol–water partition coefficient (Wildman–Crippen LogP) is 1.60. The van der Waals surface area contributed by atoms with Gasteiger partial charge < -0.3 is 10.0 Å². The number of aryl methyl sites for hydroxylation is 1. The van der Waals surface area contributed by atoms with E-state index in [9.17, 15) is 9.50 Å². The van der Waals surface area contributed by atoms with Gasteiger partial charge in [-0.05, 0) is 50.7 Å². The lowest BCUT2D eigenvalue weighted by Crippen LogP contribution is -2.27. The first-order chi connectivity index (χ1) is 6.99. The Morgan fingerprint density at radius 3 is 2.60 bits per heavy atom. The summed E-state index contributed by atoms with van der Waals surface area (Å²) in [7, 11) is 3.83. The van der Waals surface area contributed by atoms with E-state index in [1.54, 1.807) is 6.07 Å². The van der Waals surface area contributed by atoms with Gasteiger partial charge in [-0.2, -0.15) is 0 Å². The fourth-order valence-electron chi connectivity index (χ4n) is 1.63. The molecule has 1 aromatic rings. The maximum absolute atomic E-state index is 12.8. The lowest BCUT2D eigenvalue weighted by Gasteiger charge is -2.16. The van der Waals surface area contributed by atoms with Crippen molar-refractivity contribution in [2.24, 2.45) is 0 Å². The van der Waals surface area contributed by atoms with Crippen LogP contribution in [0.4, 0.5) is 4.39 Å². The SMILES string of the molecule is Cc1cc(F)ccc1CC(O)CN(C)C. The van der Waals surface area contributed by atoms with Crippen LogP contribution in [0.1, 0.15) is 11.1 Å². The molecule has 1 atom stereocenters. The van der Waals surface area contributed by atoms with Crippen molar-refractivity contribution in [3.63, 3.8) is 0 Å². The zero-order valence-corrected chi connectivity index (χ0v) is 9.50. The number of hydrogen-bond acceptors (Lipinski definition) is 2. The summed E-state index contributed by atoms with van der Waals surface area (Å²) in [5, 5.41) is 9.73. The zero-order chi connectivity index (χ0) is 11.4. The molecule has 3 heteroatoms. The molecule has 84 valence electrons. The third kappa shape index (κ3) is 3.98. The molecule has 1 N–H and O–H groups in total. The van der Waals surface area contributed by atoms with Crippen LogP contribution >= 0.6 is 0 Å². The van der Waals surface area contributed by atoms with Gasteiger partial charge in [0.05, 0.1) is 6.10 Å². The average Bonchev–Trinajstić information content (AvgIpc) is 2.08. The first-order valence-electron chi connectivity index (χ1n) is 5.07. The molecular weight excluding hydrogens is 193 g/mol. The Bertz CT molecular complexity index is 325. The second-order valence-corrected chi connectivity index (χ2v) is 4.19. The number of aliphatic hydroxyl groups is 1. The number of rotatable bonds is 4. The van der Waals surface area contributed by atoms with Crippen LogP contribution < -0.4 is 0 Å². The van der Waals surface area contributed by atoms with Gasteiger partial charge in [-0.1, -0.05) is 6.07 Å². The minimum absolute atomic E-state index is 0.224. The van der Waals surface area contributed by atoms with Gasteiger partial charge in [-0.3, -0.25) is 0 Å². The largest absolute Gasteiger partial charge is 0.391 e. The van der Waals surface area contributed by atoms with Gasteiger partial charge in [0.15, 0.2) is 0 Å². The van der Waals surface area contributed by atoms with Crippen molar-refractivity contribution in [1.29, 1.82) is 0 Å². The fraction of sp³-hybridized carbons (Fsp3) is 0.500. The summed E-state index contributed by atoms with van der Waals surface area (Å²) in [6.45, 7) is 2.48. The van der Waals surface area contributed by atoms with Crippen LogP contribution in [0.15, 0.2) is 18.2 Å². The number of aliphatic hydroxyl groups excluding tert-OH is 1. The number of benzene rings is 1. The van der Waals surface area contributed by atoms with E-state index < -0.39 is 6.10 Å². The van der Waals surface area contributed by atoms with E-state index in [-0.39, 0.29) is 5.82 Å². The molecule has 0 amide bonds. The molecule has 0 fully saturated rings. The normalized spacial score (nSPS) is 13.2. The van der Waals surface area contributed by atoms with Crippen molar-refractivity contribution in [1.82, 2.24) is 4.90 Å². The number of nitrogens with zero attached hydrogens (tertiary/aromatic N) is 1. The molecule has 1 aromatic carbocycles. The smallest absolute Gasteiger partial charge is 0.123 e. The van der Waals surface area contributed by atoms with Crippen molar-refractivity contribution in [3.05, 3.63) is 35.1 Å². The van der Waals surface area contributed by atoms with Crippen molar-refractivity contribution < 1.29 is 9.50 Å². The summed E-state index contributed by atoms with van der Waals surface area (Å²) in [6.07, 6.45) is 0.175. The van der Waals surface area contributed by atoms with E-state index in [2.05, 4.69) is 0 Å². The van der Waals surface area contributed by atoms with Gasteiger partial charge in [0.25, 0.3) is 0 Å². The van der Waals surface area contributed by atoms with E-state index in [0.29, 0.717) is 13.0 Å². The number of likely N-dealkylation sites (N-methyl/N-ethyl adjacent to an activating group) is 1. The standard InChI is InChI=1S/C12H18FNO/c1-9-6-11(13)5-4-10(9)7-12(15)8-14(2)3/h4-6,12,15H,7-8H2,1-3H3. The van der Waals surface area contributed by atoms with Crippen LogP contribution in [0.5, 0.6) is 0 Å². The molecule has 0 spiro atoms. The molecule has 2 nitrogen and oxygen atoms in total. The van der Waals surface area contributed by atoms with Crippen LogP contribution in [-0.4, -0.2) is 36.8 Å². The molecule has 0 aliphatic rings. The Hall–Kier alpha value is -0.930. The predicted molar refractivity (Wildman–Crippen MR) is 59.4 cm³/mol. The lowest BCUT2D eigenvalue weighted by atomic mass is 10.0. The molecule has 1 rings (SSSR count). The van der Waals surface area contributed by atoms with Crippen molar-refractivity contribution in [3.8, 4) is 0 Å². The second kappa shape index (κ2) is 5.24. The summed E-state index contributed by atoms with van der Waals surface area (Å²) in [5.74, 6) is -0.224. The maximum atomic E-state index is 12.8. The van der Waals surface area contributed by atoms with Gasteiger partial charge in [0, 0.05) is 6.54 Å². The molecule has 0 heterocycles. The molecule has 0 saturated carbocycles. The summed E-state index contributed by atoms with van der Waals surface area (Å²) in [5.41, 5.74) is 1.90. The highest BCUT2D eigenvalue weighted by Gasteiger charge is 2.08. The van der Waals surface area contributed by atoms with Gasteiger partial charge >= 0.3 is 0 Å². The van der Waals surface area contributed by atoms with Crippen LogP contribution in [-0.2, 0) is 6.42 Å². The van der Waals surface area contributed by atoms with E-state index in [0.717, 1.165) is 11.1 Å². The van der Waals surface area contributed by atoms with Gasteiger partial charge in [0.2, 0.25) is 0 Å². The Morgan fingerprint density at radius 2 is 2.07 bits per heavy atom. The highest BCUT2D eigenvalue weighted by Crippen LogP contribution is 2.12. The summed E-state index contributed by atoms with van der Waals surface area (Å²) in [4.78, 5) is 1.93. The topological polar surface area (TPSA) is 23.5 Å². The monoisotopic (exact) mass is 211 g/mol. The van der Waals surface area contributed by atoms with Gasteiger partial charge in [0.1, 0.15) is 5.82 Å². The summed E-state index contributed by atoms with van der Waals surface area (Å²) >= 11 is 0. The van der Waals surface area contributed by atoms with Crippen LogP contribution in [0.2, 0.25) is 0 Å². The molecule has 15 heavy (non-hydrogen) atoms. The Balaban J connectivity index is 2.64. The molecule has 1 unspecified atom stereocenters. The number of hydrogen-bond donors (Lipinski definition) is 1. The van der Waals surface area contributed by atoms with Gasteiger partial charge in [-0.15, -0.1) is 0 Å². The van der Waals surface area contributed by atoms with Crippen molar-refractivity contribution in [2.45, 2.75) is 19.4 Å². The summed E-state index contributed by atoms with van der Waals surface area (Å²) < 4.78 is 12.8. The first kappa shape index (κ1) is 12.1. The minimum Gasteiger partial charge on any atom is -0.391 e. The van der Waals surface area contributed by atoms with E-state index in [1.807, 2.05) is 25.9 Å². The average molecular weight is 211 g/mol. The van der Waals surface area contributed by atoms with E-state index in [4.69, 9.17) is 0 Å². The highest BCUT2D eigenvalue weighted by molar-refractivity contribution is 5.27. The second-order valence-electron chi connectivity index (χ2n) is 4.19. The Kier molecular flexibility index (Phi) is 4.24. The van der Waals surface area contributed by atoms with Crippen LogP contribution in [0.25, 0.3) is 0 Å². The van der Waals surface area contributed by atoms with Crippen LogP contribution in [0, 0.1) is 12.7 Å². The minimum atomic E-state index is -0.399. The third-order valence-electron chi connectivity index (χ3n) is 2.34. The van der Waals surface area contributed by atoms with Gasteiger partial charge in [-0.25, -0.2) is 4.39 Å². The number of halogens is 1. The maximum Gasteiger partial charge on any atom is 0.123 e. The molecule has 0 aliphatic heterocycles. The summed E-state index contributed by atoms with van der Waals surface area (Å²) in [6, 6.07) is 4.67. The molecule has 0 bridgehead atoms. The fourth-order valence-corrected chi connectivity index (χ4v) is 1.63. The lowest BCUT2D eigenvalue weighted by molar-refractivity contribution is 0.137. The molecule has 0 aromatic heterocycles. The van der Waals surface area contributed by atoms with Crippen molar-refractivity contribution >= 4 is 0 Å². The van der Waals surface area contributed by atoms with Crippen LogP contribution in [0.3, 0.4) is 0 Å². The Morgan fingerprint density at radius 1 is 1.40 bits per heavy atom. The van der Waals surface area contributed by atoms with Crippen molar-refractivity contribution in [2.75, 3.05) is 20.6 Å². The molecule has 0 aliphatic carbocycles. The molecule has 0 saturated heterocycles. The highest BCUT2D eigenvalue weighted by atomic mass is 19.1. The molecule has 0 radical (unpaired) electrons. The third-order valence-corrected chi connectivity index (χ3v) is 2.34. The van der Waals surface area contributed by atoms with E-state index in [1.165, 1.54) is 12.1 Å². The first-order valence-corrected chi connectivity index (χ1v) is 5.07.